The standard InChI is InChI=1S/C24H26FN3O3.C17H19ClN2O3/c1-16-14-18(8-11-20(16)25)26-21(29)15-28-23(30)22(17-6-9-19(31-2)10-7-17)27-24(28)12-4-3-5-13-24;1-23-13-7-5-12(6-8-13)15-16(22)20(11-14(18)21)17(19-15)9-3-2-4-10-17/h6-11,14H,3-5,12-13,15H2,1-2H3,(H,26,29);5-8H,2-4,9-11H2,1H3. The molecule has 2 heterocycles. The van der Waals surface area contributed by atoms with Crippen molar-refractivity contribution in [2.75, 3.05) is 32.6 Å². The number of carbonyl (C=O) groups excluding carboxylic acids is 4. The summed E-state index contributed by atoms with van der Waals surface area (Å²) in [6, 6.07) is 18.9. The van der Waals surface area contributed by atoms with E-state index in [0.717, 1.165) is 75.5 Å². The molecule has 3 aromatic carbocycles. The van der Waals surface area contributed by atoms with Gasteiger partial charge in [0.05, 0.1) is 20.8 Å². The molecule has 0 atom stereocenters. The van der Waals surface area contributed by atoms with E-state index < -0.39 is 16.6 Å². The van der Waals surface area contributed by atoms with Crippen molar-refractivity contribution in [2.24, 2.45) is 9.98 Å². The fourth-order valence-corrected chi connectivity index (χ4v) is 7.89. The van der Waals surface area contributed by atoms with Gasteiger partial charge >= 0.3 is 0 Å². The Labute approximate surface area is 319 Å². The second-order valence-corrected chi connectivity index (χ2v) is 14.5. The fraction of sp³-hybridized carbons (Fsp3) is 0.415. The lowest BCUT2D eigenvalue weighted by molar-refractivity contribution is -0.134. The molecular formula is C41H45ClFN5O6. The number of halogens is 2. The number of benzene rings is 3. The molecule has 11 nitrogen and oxygen atoms in total. The number of anilines is 1. The van der Waals surface area contributed by atoms with Crippen LogP contribution in [0.2, 0.25) is 0 Å². The third-order valence-corrected chi connectivity index (χ3v) is 10.7. The summed E-state index contributed by atoms with van der Waals surface area (Å²) >= 11 is 5.56. The largest absolute Gasteiger partial charge is 0.497 e. The minimum absolute atomic E-state index is 0.0937. The average Bonchev–Trinajstić information content (AvgIpc) is 3.58. The molecule has 3 amide bonds. The van der Waals surface area contributed by atoms with Gasteiger partial charge in [0, 0.05) is 16.8 Å². The van der Waals surface area contributed by atoms with Crippen molar-refractivity contribution in [3.8, 4) is 11.5 Å². The monoisotopic (exact) mass is 757 g/mol. The lowest BCUT2D eigenvalue weighted by Gasteiger charge is -2.38. The number of ether oxygens (including phenoxy) is 2. The van der Waals surface area contributed by atoms with Gasteiger partial charge in [0.2, 0.25) is 11.1 Å². The van der Waals surface area contributed by atoms with Gasteiger partial charge in [0.15, 0.2) is 0 Å². The molecular weight excluding hydrogens is 713 g/mol. The predicted octanol–water partition coefficient (Wildman–Crippen LogP) is 6.83. The van der Waals surface area contributed by atoms with E-state index in [0.29, 0.717) is 34.0 Å². The second-order valence-electron chi connectivity index (χ2n) is 14.1. The molecule has 3 aromatic rings. The summed E-state index contributed by atoms with van der Waals surface area (Å²) in [6.45, 7) is 1.45. The normalized spacial score (nSPS) is 18.5. The van der Waals surface area contributed by atoms with Crippen LogP contribution in [0.3, 0.4) is 0 Å². The Balaban J connectivity index is 0.000000193. The zero-order valence-corrected chi connectivity index (χ0v) is 31.6. The van der Waals surface area contributed by atoms with Crippen LogP contribution in [0, 0.1) is 12.7 Å². The Morgan fingerprint density at radius 2 is 1.17 bits per heavy atom. The molecule has 2 fully saturated rings. The molecule has 13 heteroatoms. The van der Waals surface area contributed by atoms with E-state index in [1.165, 1.54) is 12.1 Å². The van der Waals surface area contributed by atoms with Gasteiger partial charge in [-0.15, -0.1) is 0 Å². The highest BCUT2D eigenvalue weighted by Crippen LogP contribution is 2.41. The van der Waals surface area contributed by atoms with E-state index >= 15 is 0 Å². The number of amides is 3. The molecule has 4 aliphatic rings. The highest BCUT2D eigenvalue weighted by atomic mass is 35.5. The molecule has 2 spiro atoms. The third kappa shape index (κ3) is 8.18. The number of aliphatic imine (C=N–C) groups is 2. The highest BCUT2D eigenvalue weighted by Gasteiger charge is 2.49. The summed E-state index contributed by atoms with van der Waals surface area (Å²) in [7, 11) is 3.19. The maximum absolute atomic E-state index is 13.5. The number of nitrogens with one attached hydrogen (secondary N) is 1. The summed E-state index contributed by atoms with van der Waals surface area (Å²) < 4.78 is 23.9. The smallest absolute Gasteiger partial charge is 0.275 e. The molecule has 0 radical (unpaired) electrons. The van der Waals surface area contributed by atoms with Crippen LogP contribution in [-0.2, 0) is 19.2 Å². The van der Waals surface area contributed by atoms with Gasteiger partial charge in [-0.3, -0.25) is 29.2 Å². The number of hydrogen-bond acceptors (Lipinski definition) is 8. The number of methoxy groups -OCH3 is 2. The summed E-state index contributed by atoms with van der Waals surface area (Å²) in [5.74, 6) is 0.318. The first-order valence-corrected chi connectivity index (χ1v) is 18.7. The third-order valence-electron chi connectivity index (χ3n) is 10.6. The van der Waals surface area contributed by atoms with Gasteiger partial charge in [-0.2, -0.15) is 0 Å². The Bertz CT molecular complexity index is 1950. The maximum atomic E-state index is 13.5. The van der Waals surface area contributed by atoms with Crippen molar-refractivity contribution in [2.45, 2.75) is 82.5 Å². The van der Waals surface area contributed by atoms with E-state index in [2.05, 4.69) is 5.32 Å². The Hall–Kier alpha value is -5.10. The molecule has 54 heavy (non-hydrogen) atoms. The van der Waals surface area contributed by atoms with Crippen molar-refractivity contribution >= 4 is 51.7 Å². The van der Waals surface area contributed by atoms with Crippen LogP contribution in [0.5, 0.6) is 11.5 Å². The average molecular weight is 758 g/mol. The molecule has 1 N–H and O–H groups in total. The zero-order chi connectivity index (χ0) is 38.5. The van der Waals surface area contributed by atoms with Crippen LogP contribution < -0.4 is 14.8 Å². The van der Waals surface area contributed by atoms with Gasteiger partial charge in [-0.1, -0.05) is 12.8 Å². The van der Waals surface area contributed by atoms with Crippen molar-refractivity contribution in [1.82, 2.24) is 9.80 Å². The van der Waals surface area contributed by atoms with Crippen molar-refractivity contribution in [3.05, 3.63) is 89.2 Å². The quantitative estimate of drug-likeness (QED) is 0.239. The van der Waals surface area contributed by atoms with Gasteiger partial charge in [-0.05, 0) is 142 Å². The molecule has 2 aliphatic heterocycles. The molecule has 7 rings (SSSR count). The topological polar surface area (TPSA) is 130 Å². The van der Waals surface area contributed by atoms with Gasteiger partial charge in [0.1, 0.15) is 46.6 Å². The van der Waals surface area contributed by atoms with Crippen molar-refractivity contribution in [3.63, 3.8) is 0 Å². The summed E-state index contributed by atoms with van der Waals surface area (Å²) in [6.07, 6.45) is 9.18. The fourth-order valence-electron chi connectivity index (χ4n) is 7.77. The van der Waals surface area contributed by atoms with Crippen molar-refractivity contribution in [1.29, 1.82) is 0 Å². The van der Waals surface area contributed by atoms with Crippen LogP contribution in [0.4, 0.5) is 10.1 Å². The van der Waals surface area contributed by atoms with Gasteiger partial charge < -0.3 is 24.6 Å². The first kappa shape index (κ1) is 38.6. The number of nitrogens with zero attached hydrogens (tertiary/aromatic N) is 4. The molecule has 2 aliphatic carbocycles. The van der Waals surface area contributed by atoms with Gasteiger partial charge in [0.25, 0.3) is 11.8 Å². The first-order valence-electron chi connectivity index (χ1n) is 18.3. The SMILES string of the molecule is COc1ccc(C2=NC3(CCCCC3)N(CC(=O)Cl)C2=O)cc1.COc1ccc(C2=NC3(CCCCC3)N(CC(=O)Nc3ccc(F)c(C)c3)C2=O)cc1. The van der Waals surface area contributed by atoms with E-state index in [-0.39, 0.29) is 36.6 Å². The van der Waals surface area contributed by atoms with E-state index in [9.17, 15) is 23.6 Å². The van der Waals surface area contributed by atoms with Gasteiger partial charge in [-0.25, -0.2) is 4.39 Å². The van der Waals surface area contributed by atoms with E-state index in [4.69, 9.17) is 31.1 Å². The first-order chi connectivity index (χ1) is 26.0. The highest BCUT2D eigenvalue weighted by molar-refractivity contribution is 6.64. The molecule has 0 saturated heterocycles. The Morgan fingerprint density at radius 3 is 1.57 bits per heavy atom. The predicted molar refractivity (Wildman–Crippen MR) is 205 cm³/mol. The molecule has 0 bridgehead atoms. The van der Waals surface area contributed by atoms with Crippen LogP contribution in [0.1, 0.15) is 80.9 Å². The molecule has 0 unspecified atom stereocenters. The van der Waals surface area contributed by atoms with Crippen LogP contribution in [0.15, 0.2) is 76.7 Å². The van der Waals surface area contributed by atoms with E-state index in [1.807, 2.05) is 24.3 Å². The summed E-state index contributed by atoms with van der Waals surface area (Å²) in [4.78, 5) is 63.2. The van der Waals surface area contributed by atoms with Crippen LogP contribution in [0.25, 0.3) is 0 Å². The van der Waals surface area contributed by atoms with Crippen molar-refractivity contribution < 1.29 is 33.0 Å². The van der Waals surface area contributed by atoms with Crippen LogP contribution in [-0.4, -0.2) is 82.8 Å². The molecule has 0 aromatic heterocycles. The van der Waals surface area contributed by atoms with E-state index in [1.54, 1.807) is 61.3 Å². The maximum Gasteiger partial charge on any atom is 0.275 e. The van der Waals surface area contributed by atoms with Crippen LogP contribution >= 0.6 is 11.6 Å². The molecule has 284 valence electrons. The number of carbonyl (C=O) groups is 4. The Kier molecular flexibility index (Phi) is 11.8. The summed E-state index contributed by atoms with van der Waals surface area (Å²) in [5.41, 5.74) is 1.92. The number of rotatable bonds is 9. The Morgan fingerprint density at radius 1 is 0.722 bits per heavy atom. The zero-order valence-electron chi connectivity index (χ0n) is 30.8. The number of hydrogen-bond donors (Lipinski definition) is 1. The molecule has 2 saturated carbocycles. The number of aryl methyl sites for hydroxylation is 1. The minimum Gasteiger partial charge on any atom is -0.497 e. The second kappa shape index (κ2) is 16.5. The minimum atomic E-state index is -0.680. The lowest BCUT2D eigenvalue weighted by Crippen LogP contribution is -2.51. The summed E-state index contributed by atoms with van der Waals surface area (Å²) in [5, 5.41) is 2.25. The lowest BCUT2D eigenvalue weighted by atomic mass is 9.88.